The summed E-state index contributed by atoms with van der Waals surface area (Å²) in [5, 5.41) is 11.3. The first kappa shape index (κ1) is 38.0. The second kappa shape index (κ2) is 14.6. The Bertz CT molecular complexity index is 2180. The van der Waals surface area contributed by atoms with E-state index in [1.54, 1.807) is 23.1 Å². The van der Waals surface area contributed by atoms with Crippen molar-refractivity contribution in [2.45, 2.75) is 101 Å². The van der Waals surface area contributed by atoms with Crippen molar-refractivity contribution in [3.63, 3.8) is 0 Å². The van der Waals surface area contributed by atoms with Crippen LogP contribution in [0.5, 0.6) is 5.75 Å². The third kappa shape index (κ3) is 7.02. The maximum Gasteiger partial charge on any atom is 0.249 e. The second-order valence-corrected chi connectivity index (χ2v) is 22.7. The first-order valence-corrected chi connectivity index (χ1v) is 22.2. The van der Waals surface area contributed by atoms with Crippen LogP contribution in [0, 0.1) is 23.1 Å². The summed E-state index contributed by atoms with van der Waals surface area (Å²) in [4.78, 5) is 15.6. The van der Waals surface area contributed by atoms with E-state index in [4.69, 9.17) is 14.5 Å². The van der Waals surface area contributed by atoms with Gasteiger partial charge in [0.2, 0.25) is 15.0 Å². The van der Waals surface area contributed by atoms with Crippen LogP contribution in [0.25, 0.3) is 32.9 Å². The minimum absolute atomic E-state index is 0.0482. The van der Waals surface area contributed by atoms with Gasteiger partial charge in [0.15, 0.2) is 12.6 Å². The van der Waals surface area contributed by atoms with E-state index >= 15 is 8.78 Å². The summed E-state index contributed by atoms with van der Waals surface area (Å²) in [6, 6.07) is 6.33. The number of ether oxygens (including phenoxy) is 2. The van der Waals surface area contributed by atoms with Gasteiger partial charge in [-0.25, -0.2) is 32.2 Å². The van der Waals surface area contributed by atoms with Crippen molar-refractivity contribution in [1.82, 2.24) is 15.0 Å². The first-order valence-electron chi connectivity index (χ1n) is 18.0. The number of aromatic nitrogens is 3. The Morgan fingerprint density at radius 1 is 1.00 bits per heavy atom. The van der Waals surface area contributed by atoms with Gasteiger partial charge in [-0.2, -0.15) is 0 Å². The van der Waals surface area contributed by atoms with Gasteiger partial charge in [-0.1, -0.05) is 53.5 Å². The number of hydrogen-bond donors (Lipinski definition) is 1. The molecule has 52 heavy (non-hydrogen) atoms. The zero-order valence-electron chi connectivity index (χ0n) is 31.2. The van der Waals surface area contributed by atoms with Crippen molar-refractivity contribution in [2.75, 3.05) is 38.1 Å². The minimum Gasteiger partial charge on any atom is -0.468 e. The van der Waals surface area contributed by atoms with E-state index in [1.807, 2.05) is 0 Å². The third-order valence-corrected chi connectivity index (χ3v) is 17.8. The van der Waals surface area contributed by atoms with Crippen LogP contribution < -0.4 is 9.64 Å². The Balaban J connectivity index is 1.72. The molecule has 278 valence electrons. The molecule has 1 N–H and O–H groups in total. The molecule has 1 atom stereocenters. The fourth-order valence-electron chi connectivity index (χ4n) is 8.07. The van der Waals surface area contributed by atoms with E-state index in [9.17, 15) is 13.5 Å². The molecule has 1 aliphatic carbocycles. The minimum atomic E-state index is -3.98. The van der Waals surface area contributed by atoms with Crippen LogP contribution >= 0.6 is 0 Å². The van der Waals surface area contributed by atoms with Gasteiger partial charge in [0.05, 0.1) is 22.7 Å². The topological polar surface area (TPSA) is 115 Å². The van der Waals surface area contributed by atoms with E-state index in [1.165, 1.54) is 13.2 Å². The molecule has 0 spiro atoms. The average Bonchev–Trinajstić information content (AvgIpc) is 3.93. The lowest BCUT2D eigenvalue weighted by Crippen LogP contribution is -2.43. The Kier molecular flexibility index (Phi) is 10.7. The summed E-state index contributed by atoms with van der Waals surface area (Å²) in [5.74, 6) is 2.42. The van der Waals surface area contributed by atoms with Gasteiger partial charge < -0.3 is 19.5 Å². The normalized spacial score (nSPS) is 17.0. The number of halogens is 2. The van der Waals surface area contributed by atoms with Crippen molar-refractivity contribution in [3.8, 4) is 28.5 Å². The van der Waals surface area contributed by atoms with Crippen LogP contribution in [-0.2, 0) is 14.6 Å². The van der Waals surface area contributed by atoms with Gasteiger partial charge in [0.1, 0.15) is 36.7 Å². The molecule has 2 aromatic heterocycles. The average molecular weight is 751 g/mol. The number of piperidine rings is 1. The number of aliphatic hydroxyl groups excluding tert-OH is 1. The molecule has 0 bridgehead atoms. The summed E-state index contributed by atoms with van der Waals surface area (Å²) < 4.78 is 70.6. The number of benzene rings is 2. The highest BCUT2D eigenvalue weighted by Gasteiger charge is 2.42. The fraction of sp³-hybridized carbons (Fsp3) is 0.513. The summed E-state index contributed by atoms with van der Waals surface area (Å²) in [6.07, 6.45) is 3.16. The molecule has 3 heterocycles. The third-order valence-electron chi connectivity index (χ3n) is 10.7. The van der Waals surface area contributed by atoms with Crippen LogP contribution in [0.3, 0.4) is 0 Å². The van der Waals surface area contributed by atoms with E-state index in [2.05, 4.69) is 63.0 Å². The molecule has 13 heteroatoms. The van der Waals surface area contributed by atoms with Crippen molar-refractivity contribution in [2.24, 2.45) is 0 Å². The van der Waals surface area contributed by atoms with Gasteiger partial charge in [0.25, 0.3) is 0 Å². The molecule has 0 unspecified atom stereocenters. The number of rotatable bonds is 10. The van der Waals surface area contributed by atoms with E-state index < -0.39 is 40.8 Å². The van der Waals surface area contributed by atoms with E-state index in [0.29, 0.717) is 63.6 Å². The number of sulfone groups is 1. The quantitative estimate of drug-likeness (QED) is 0.0748. The number of methoxy groups -OCH3 is 1. The van der Waals surface area contributed by atoms with Crippen molar-refractivity contribution in [3.05, 3.63) is 47.2 Å². The van der Waals surface area contributed by atoms with Crippen molar-refractivity contribution in [1.29, 1.82) is 0 Å². The molecule has 0 radical (unpaired) electrons. The number of anilines is 1. The van der Waals surface area contributed by atoms with Crippen LogP contribution in [0.4, 0.5) is 14.6 Å². The molecule has 1 saturated carbocycles. The number of pyridine rings is 1. The molecule has 6 rings (SSSR count). The predicted octanol–water partition coefficient (Wildman–Crippen LogP) is 7.92. The lowest BCUT2D eigenvalue weighted by molar-refractivity contribution is 0.0512. The fourth-order valence-corrected chi connectivity index (χ4v) is 13.8. The van der Waals surface area contributed by atoms with Crippen LogP contribution in [0.1, 0.15) is 84.4 Å². The molecular weight excluding hydrogens is 703 g/mol. The standard InChI is InChI=1S/C39H48F2N4O5SSi/c1-22(2)52(23(3)4,24(5)6)17-15-29-31(40)14-13-26-18-28(50-21-49-7)19-30(32(26)29)36-34(41)37-33(35(42-36)25-11-12-25)38(44-39(43-37)51(8,47)48)45-16-9-10-27(46)20-45/h13-14,18-19,22-25,27,46H,9-12,16,20-21H2,1-8H3/t27-/m1/s1. The monoisotopic (exact) mass is 750 g/mol. The zero-order chi connectivity index (χ0) is 37.7. The lowest BCUT2D eigenvalue weighted by Gasteiger charge is -2.38. The summed E-state index contributed by atoms with van der Waals surface area (Å²) in [7, 11) is -4.81. The van der Waals surface area contributed by atoms with Gasteiger partial charge in [-0.15, -0.1) is 5.54 Å². The molecule has 2 aliphatic rings. The number of β-amino-alcohol motifs (C(OH)–C–C–N with tert-alkyl or cyclic N) is 1. The molecule has 1 aliphatic heterocycles. The number of nitrogens with zero attached hydrogens (tertiary/aromatic N) is 4. The van der Waals surface area contributed by atoms with E-state index in [-0.39, 0.29) is 47.4 Å². The van der Waals surface area contributed by atoms with Crippen LogP contribution in [0.2, 0.25) is 16.6 Å². The lowest BCUT2D eigenvalue weighted by atomic mass is 9.95. The smallest absolute Gasteiger partial charge is 0.249 e. The highest BCUT2D eigenvalue weighted by atomic mass is 32.2. The largest absolute Gasteiger partial charge is 0.468 e. The van der Waals surface area contributed by atoms with Gasteiger partial charge >= 0.3 is 0 Å². The Hall–Kier alpha value is -3.70. The maximum atomic E-state index is 17.4. The van der Waals surface area contributed by atoms with Crippen LogP contribution in [-0.4, -0.2) is 75.9 Å². The molecule has 9 nitrogen and oxygen atoms in total. The van der Waals surface area contributed by atoms with Crippen molar-refractivity contribution >= 4 is 45.4 Å². The Morgan fingerprint density at radius 3 is 2.29 bits per heavy atom. The predicted molar refractivity (Wildman–Crippen MR) is 203 cm³/mol. The molecule has 1 saturated heterocycles. The molecule has 0 amide bonds. The SMILES string of the molecule is COCOc1cc(-c2nc(C3CC3)c3c(N4CCC[C@@H](O)C4)nc(S(C)(=O)=O)nc3c2F)c2c(C#C[Si](C(C)C)(C(C)C)C(C)C)c(F)ccc2c1. The van der Waals surface area contributed by atoms with Gasteiger partial charge in [0, 0.05) is 43.3 Å². The van der Waals surface area contributed by atoms with Crippen LogP contribution in [0.15, 0.2) is 29.4 Å². The molecular formula is C39H48F2N4O5SSi. The molecule has 4 aromatic rings. The number of aliphatic hydroxyl groups is 1. The highest BCUT2D eigenvalue weighted by Crippen LogP contribution is 2.48. The summed E-state index contributed by atoms with van der Waals surface area (Å²) >= 11 is 0. The summed E-state index contributed by atoms with van der Waals surface area (Å²) in [6.45, 7) is 13.7. The van der Waals surface area contributed by atoms with E-state index in [0.717, 1.165) is 19.1 Å². The Morgan fingerprint density at radius 2 is 1.69 bits per heavy atom. The van der Waals surface area contributed by atoms with Crippen molar-refractivity contribution < 1.29 is 31.8 Å². The molecule has 2 fully saturated rings. The first-order chi connectivity index (χ1) is 24.6. The Labute approximate surface area is 306 Å². The maximum absolute atomic E-state index is 17.4. The highest BCUT2D eigenvalue weighted by molar-refractivity contribution is 7.90. The number of fused-ring (bicyclic) bond motifs is 2. The second-order valence-electron chi connectivity index (χ2n) is 15.2. The molecule has 2 aromatic carbocycles. The number of hydrogen-bond acceptors (Lipinski definition) is 9. The van der Waals surface area contributed by atoms with Gasteiger partial charge in [-0.3, -0.25) is 0 Å². The zero-order valence-corrected chi connectivity index (χ0v) is 33.0. The summed E-state index contributed by atoms with van der Waals surface area (Å²) in [5.41, 5.74) is 5.14. The van der Waals surface area contributed by atoms with Gasteiger partial charge in [-0.05, 0) is 65.9 Å².